The van der Waals surface area contributed by atoms with Gasteiger partial charge in [-0.2, -0.15) is 0 Å². The predicted octanol–water partition coefficient (Wildman–Crippen LogP) is 4.13. The first-order valence-electron chi connectivity index (χ1n) is 10.8. The molecule has 1 fully saturated rings. The van der Waals surface area contributed by atoms with Gasteiger partial charge in [-0.05, 0) is 43.7 Å². The molecule has 164 valence electrons. The fourth-order valence-corrected chi connectivity index (χ4v) is 4.52. The summed E-state index contributed by atoms with van der Waals surface area (Å²) >= 11 is 0. The quantitative estimate of drug-likeness (QED) is 0.512. The number of nitrogens with one attached hydrogen (secondary N) is 1. The first kappa shape index (κ1) is 19.4. The zero-order valence-electron chi connectivity index (χ0n) is 18.0. The van der Waals surface area contributed by atoms with Crippen molar-refractivity contribution in [2.75, 3.05) is 28.2 Å². The van der Waals surface area contributed by atoms with Crippen LogP contribution < -0.4 is 15.1 Å². The van der Waals surface area contributed by atoms with Crippen molar-refractivity contribution in [3.05, 3.63) is 67.2 Å². The standard InChI is InChI=1S/C24H21N7O2/c1-15-8-16(4-6-27-15)20-2-3-21-23(29-20)31(19-5-7-30(21)13-19)24(32)28-18-9-17(10-25-11-18)22-12-26-14-33-22/h2-4,6,8-12,14,19H,5,7,13H2,1H3,(H,28,32)/t19-/m0/s1. The highest BCUT2D eigenvalue weighted by molar-refractivity contribution is 6.05. The first-order chi connectivity index (χ1) is 16.2. The van der Waals surface area contributed by atoms with Gasteiger partial charge in [0, 0.05) is 42.3 Å². The van der Waals surface area contributed by atoms with E-state index < -0.39 is 0 Å². The second-order valence-corrected chi connectivity index (χ2v) is 8.24. The van der Waals surface area contributed by atoms with E-state index in [1.807, 2.05) is 31.2 Å². The van der Waals surface area contributed by atoms with Crippen LogP contribution in [0.3, 0.4) is 0 Å². The summed E-state index contributed by atoms with van der Waals surface area (Å²) in [7, 11) is 0. The van der Waals surface area contributed by atoms with Crippen LogP contribution in [0.2, 0.25) is 0 Å². The number of aromatic nitrogens is 4. The summed E-state index contributed by atoms with van der Waals surface area (Å²) in [5, 5.41) is 3.00. The molecular formula is C24H21N7O2. The average molecular weight is 439 g/mol. The van der Waals surface area contributed by atoms with Crippen LogP contribution >= 0.6 is 0 Å². The van der Waals surface area contributed by atoms with Gasteiger partial charge in [-0.25, -0.2) is 14.8 Å². The lowest BCUT2D eigenvalue weighted by atomic mass is 10.1. The average Bonchev–Trinajstić information content (AvgIpc) is 3.51. The number of rotatable bonds is 3. The number of nitrogens with zero attached hydrogens (tertiary/aromatic N) is 6. The lowest BCUT2D eigenvalue weighted by Gasteiger charge is -2.36. The van der Waals surface area contributed by atoms with Crippen molar-refractivity contribution in [1.82, 2.24) is 19.9 Å². The molecule has 9 heteroatoms. The zero-order valence-corrected chi connectivity index (χ0v) is 18.0. The Hall–Kier alpha value is -4.27. The molecule has 0 unspecified atom stereocenters. The minimum Gasteiger partial charge on any atom is -0.443 e. The predicted molar refractivity (Wildman–Crippen MR) is 124 cm³/mol. The molecule has 1 atom stereocenters. The second kappa shape index (κ2) is 7.70. The molecule has 0 aromatic carbocycles. The number of hydrogen-bond acceptors (Lipinski definition) is 7. The lowest BCUT2D eigenvalue weighted by Crippen LogP contribution is -2.48. The van der Waals surface area contributed by atoms with E-state index in [2.05, 4.69) is 31.2 Å². The van der Waals surface area contributed by atoms with E-state index >= 15 is 0 Å². The molecule has 4 aromatic rings. The van der Waals surface area contributed by atoms with Gasteiger partial charge in [0.25, 0.3) is 0 Å². The normalized spacial score (nSPS) is 16.6. The summed E-state index contributed by atoms with van der Waals surface area (Å²) < 4.78 is 5.35. The molecule has 1 saturated heterocycles. The van der Waals surface area contributed by atoms with Gasteiger partial charge in [0.1, 0.15) is 0 Å². The zero-order chi connectivity index (χ0) is 22.4. The molecule has 2 bridgehead atoms. The molecule has 0 radical (unpaired) electrons. The minimum absolute atomic E-state index is 0.0600. The maximum absolute atomic E-state index is 13.5. The number of amides is 2. The van der Waals surface area contributed by atoms with Crippen LogP contribution in [0.15, 0.2) is 65.9 Å². The van der Waals surface area contributed by atoms with E-state index in [9.17, 15) is 4.79 Å². The number of aryl methyl sites for hydroxylation is 1. The summed E-state index contributed by atoms with van der Waals surface area (Å²) in [5.41, 5.74) is 5.00. The summed E-state index contributed by atoms with van der Waals surface area (Å²) in [6, 6.07) is 9.65. The Morgan fingerprint density at radius 3 is 2.91 bits per heavy atom. The van der Waals surface area contributed by atoms with Crippen LogP contribution in [0.1, 0.15) is 12.1 Å². The summed E-state index contributed by atoms with van der Waals surface area (Å²) in [5.74, 6) is 1.26. The maximum atomic E-state index is 13.5. The third-order valence-corrected chi connectivity index (χ3v) is 6.07. The van der Waals surface area contributed by atoms with Crippen LogP contribution in [0.25, 0.3) is 22.6 Å². The Morgan fingerprint density at radius 1 is 1.12 bits per heavy atom. The van der Waals surface area contributed by atoms with Crippen LogP contribution in [0.4, 0.5) is 22.0 Å². The van der Waals surface area contributed by atoms with E-state index in [1.165, 1.54) is 6.39 Å². The van der Waals surface area contributed by atoms with E-state index in [0.717, 1.165) is 47.7 Å². The van der Waals surface area contributed by atoms with E-state index in [1.54, 1.807) is 29.7 Å². The molecule has 1 N–H and O–H groups in total. The summed E-state index contributed by atoms with van der Waals surface area (Å²) in [6.45, 7) is 3.65. The van der Waals surface area contributed by atoms with Gasteiger partial charge in [-0.15, -0.1) is 0 Å². The van der Waals surface area contributed by atoms with Gasteiger partial charge < -0.3 is 14.6 Å². The monoisotopic (exact) mass is 439 g/mol. The molecule has 9 nitrogen and oxygen atoms in total. The lowest BCUT2D eigenvalue weighted by molar-refractivity contribution is 0.255. The number of oxazole rings is 1. The van der Waals surface area contributed by atoms with Gasteiger partial charge in [0.05, 0.1) is 35.5 Å². The van der Waals surface area contributed by atoms with E-state index in [0.29, 0.717) is 17.3 Å². The molecule has 6 heterocycles. The number of hydrogen-bond donors (Lipinski definition) is 1. The highest BCUT2D eigenvalue weighted by Crippen LogP contribution is 2.40. The Bertz CT molecular complexity index is 1340. The smallest absolute Gasteiger partial charge is 0.327 e. The van der Waals surface area contributed by atoms with Crippen molar-refractivity contribution in [2.24, 2.45) is 0 Å². The van der Waals surface area contributed by atoms with Gasteiger partial charge >= 0.3 is 6.03 Å². The van der Waals surface area contributed by atoms with Crippen molar-refractivity contribution in [3.8, 4) is 22.6 Å². The Balaban J connectivity index is 1.34. The van der Waals surface area contributed by atoms with Crippen molar-refractivity contribution < 1.29 is 9.21 Å². The highest BCUT2D eigenvalue weighted by Gasteiger charge is 2.40. The van der Waals surface area contributed by atoms with Crippen LogP contribution in [-0.2, 0) is 0 Å². The van der Waals surface area contributed by atoms with Crippen molar-refractivity contribution >= 4 is 23.2 Å². The molecule has 33 heavy (non-hydrogen) atoms. The fraction of sp³-hybridized carbons (Fsp3) is 0.208. The number of anilines is 3. The highest BCUT2D eigenvalue weighted by atomic mass is 16.3. The van der Waals surface area contributed by atoms with Gasteiger partial charge in [-0.1, -0.05) is 0 Å². The second-order valence-electron chi connectivity index (χ2n) is 8.24. The molecule has 0 aliphatic carbocycles. The maximum Gasteiger partial charge on any atom is 0.327 e. The van der Waals surface area contributed by atoms with Gasteiger partial charge in [-0.3, -0.25) is 14.9 Å². The Morgan fingerprint density at radius 2 is 2.06 bits per heavy atom. The van der Waals surface area contributed by atoms with Crippen molar-refractivity contribution in [3.63, 3.8) is 0 Å². The van der Waals surface area contributed by atoms with Gasteiger partial charge in [0.2, 0.25) is 0 Å². The SMILES string of the molecule is Cc1cc(-c2ccc3c(n2)N(C(=O)Nc2cncc(-c4cnco4)c2)[C@H]2CCN3C2)ccn1. The minimum atomic E-state index is -0.227. The third-order valence-electron chi connectivity index (χ3n) is 6.07. The summed E-state index contributed by atoms with van der Waals surface area (Å²) in [6.07, 6.45) is 8.94. The number of carbonyl (C=O) groups excluding carboxylic acids is 1. The topological polar surface area (TPSA) is 100 Å². The first-order valence-corrected chi connectivity index (χ1v) is 10.8. The molecule has 0 saturated carbocycles. The largest absolute Gasteiger partial charge is 0.443 e. The van der Waals surface area contributed by atoms with Crippen LogP contribution in [-0.4, -0.2) is 45.1 Å². The Kier molecular flexibility index (Phi) is 4.53. The van der Waals surface area contributed by atoms with Crippen molar-refractivity contribution in [1.29, 1.82) is 0 Å². The molecule has 6 rings (SSSR count). The summed E-state index contributed by atoms with van der Waals surface area (Å²) in [4.78, 5) is 35.0. The fourth-order valence-electron chi connectivity index (χ4n) is 4.52. The number of carbonyl (C=O) groups is 1. The Labute approximate surface area is 190 Å². The van der Waals surface area contributed by atoms with E-state index in [-0.39, 0.29) is 12.1 Å². The molecular weight excluding hydrogens is 418 g/mol. The molecule has 0 spiro atoms. The molecule has 4 aromatic heterocycles. The molecule has 2 aliphatic rings. The molecule has 2 amide bonds. The van der Waals surface area contributed by atoms with Crippen LogP contribution in [0.5, 0.6) is 0 Å². The van der Waals surface area contributed by atoms with Crippen molar-refractivity contribution in [2.45, 2.75) is 19.4 Å². The third kappa shape index (κ3) is 3.47. The van der Waals surface area contributed by atoms with Crippen LogP contribution in [0, 0.1) is 6.92 Å². The number of urea groups is 1. The van der Waals surface area contributed by atoms with E-state index in [4.69, 9.17) is 9.40 Å². The van der Waals surface area contributed by atoms with Gasteiger partial charge in [0.15, 0.2) is 18.0 Å². The number of fused-ring (bicyclic) bond motifs is 4. The molecule has 2 aliphatic heterocycles. The number of pyridine rings is 3.